The highest BCUT2D eigenvalue weighted by Gasteiger charge is 2.36. The van der Waals surface area contributed by atoms with E-state index >= 15 is 0 Å². The van der Waals surface area contributed by atoms with E-state index in [1.807, 2.05) is 0 Å². The van der Waals surface area contributed by atoms with E-state index in [0.717, 1.165) is 12.8 Å². The third-order valence-corrected chi connectivity index (χ3v) is 5.27. The Hall–Kier alpha value is -1.41. The van der Waals surface area contributed by atoms with E-state index in [1.165, 1.54) is 23.8 Å². The van der Waals surface area contributed by atoms with Gasteiger partial charge >= 0.3 is 0 Å². The lowest BCUT2D eigenvalue weighted by atomic mass is 10.1. The minimum Gasteiger partial charge on any atom is -0.356 e. The van der Waals surface area contributed by atoms with Crippen LogP contribution in [-0.4, -0.2) is 47.3 Å². The molecule has 20 heavy (non-hydrogen) atoms. The summed E-state index contributed by atoms with van der Waals surface area (Å²) in [5, 5.41) is 2.80. The summed E-state index contributed by atoms with van der Waals surface area (Å²) < 4.78 is 28.2. The van der Waals surface area contributed by atoms with Crippen molar-refractivity contribution in [3.05, 3.63) is 12.5 Å². The van der Waals surface area contributed by atoms with Crippen molar-refractivity contribution in [2.75, 3.05) is 13.1 Å². The highest BCUT2D eigenvalue weighted by atomic mass is 32.2. The molecular weight excluding hydrogens is 280 g/mol. The van der Waals surface area contributed by atoms with Gasteiger partial charge in [-0.05, 0) is 19.3 Å². The zero-order valence-electron chi connectivity index (χ0n) is 11.7. The Balaban J connectivity index is 2.08. The summed E-state index contributed by atoms with van der Waals surface area (Å²) in [6.07, 6.45) is 5.29. The number of carbonyl (C=O) groups is 1. The van der Waals surface area contributed by atoms with Gasteiger partial charge in [-0.2, -0.15) is 4.31 Å². The molecule has 0 aromatic carbocycles. The average Bonchev–Trinajstić information content (AvgIpc) is 2.97. The normalized spacial score (nSPS) is 20.2. The maximum absolute atomic E-state index is 12.5. The molecule has 1 N–H and O–H groups in total. The van der Waals surface area contributed by atoms with Gasteiger partial charge in [-0.15, -0.1) is 0 Å². The third kappa shape index (κ3) is 3.18. The number of amides is 1. The molecule has 2 rings (SSSR count). The molecular formula is C12H20N4O3S. The SMILES string of the molecule is CC(=O)NCCC1CCCN1S(=O)(=O)c1cn(C)cn1. The van der Waals surface area contributed by atoms with Crippen LogP contribution in [0.25, 0.3) is 0 Å². The van der Waals surface area contributed by atoms with Crippen molar-refractivity contribution in [3.63, 3.8) is 0 Å². The first-order valence-corrected chi connectivity index (χ1v) is 8.09. The first-order valence-electron chi connectivity index (χ1n) is 6.65. The van der Waals surface area contributed by atoms with Crippen LogP contribution in [0, 0.1) is 0 Å². The molecule has 112 valence electrons. The Morgan fingerprint density at radius 2 is 2.30 bits per heavy atom. The molecule has 1 unspecified atom stereocenters. The van der Waals surface area contributed by atoms with E-state index in [4.69, 9.17) is 0 Å². The standard InChI is InChI=1S/C12H20N4O3S/c1-10(17)13-6-5-11-4-3-7-16(11)20(18,19)12-8-15(2)9-14-12/h8-9,11H,3-7H2,1-2H3,(H,13,17). The van der Waals surface area contributed by atoms with E-state index in [9.17, 15) is 13.2 Å². The van der Waals surface area contributed by atoms with Gasteiger partial charge in [-0.25, -0.2) is 13.4 Å². The Kier molecular flexibility index (Phi) is 4.44. The maximum atomic E-state index is 12.5. The largest absolute Gasteiger partial charge is 0.356 e. The van der Waals surface area contributed by atoms with Gasteiger partial charge in [0.1, 0.15) is 0 Å². The summed E-state index contributed by atoms with van der Waals surface area (Å²) in [7, 11) is -1.79. The second kappa shape index (κ2) is 5.92. The molecule has 0 aliphatic carbocycles. The lowest BCUT2D eigenvalue weighted by Gasteiger charge is -2.23. The molecule has 1 fully saturated rings. The first kappa shape index (κ1) is 15.0. The molecule has 7 nitrogen and oxygen atoms in total. The van der Waals surface area contributed by atoms with E-state index < -0.39 is 10.0 Å². The van der Waals surface area contributed by atoms with Crippen molar-refractivity contribution in [3.8, 4) is 0 Å². The zero-order valence-corrected chi connectivity index (χ0v) is 12.6. The summed E-state index contributed by atoms with van der Waals surface area (Å²) in [5.74, 6) is -0.0952. The highest BCUT2D eigenvalue weighted by molar-refractivity contribution is 7.89. The number of hydrogen-bond donors (Lipinski definition) is 1. The van der Waals surface area contributed by atoms with E-state index in [2.05, 4.69) is 10.3 Å². The maximum Gasteiger partial charge on any atom is 0.262 e. The van der Waals surface area contributed by atoms with Crippen molar-refractivity contribution in [1.29, 1.82) is 0 Å². The molecule has 1 aliphatic heterocycles. The second-order valence-electron chi connectivity index (χ2n) is 5.06. The number of sulfonamides is 1. The van der Waals surface area contributed by atoms with E-state index in [-0.39, 0.29) is 17.0 Å². The van der Waals surface area contributed by atoms with Crippen molar-refractivity contribution in [2.45, 2.75) is 37.3 Å². The van der Waals surface area contributed by atoms with Crippen molar-refractivity contribution < 1.29 is 13.2 Å². The van der Waals surface area contributed by atoms with Crippen molar-refractivity contribution in [2.24, 2.45) is 7.05 Å². The van der Waals surface area contributed by atoms with Gasteiger partial charge in [0.15, 0.2) is 5.03 Å². The highest BCUT2D eigenvalue weighted by Crippen LogP contribution is 2.26. The van der Waals surface area contributed by atoms with Crippen LogP contribution in [0.5, 0.6) is 0 Å². The minimum atomic E-state index is -3.53. The number of carbonyl (C=O) groups excluding carboxylic acids is 1. The molecule has 1 aliphatic rings. The fraction of sp³-hybridized carbons (Fsp3) is 0.667. The molecule has 8 heteroatoms. The Bertz CT molecular complexity index is 581. The van der Waals surface area contributed by atoms with E-state index in [0.29, 0.717) is 19.5 Å². The smallest absolute Gasteiger partial charge is 0.262 e. The fourth-order valence-corrected chi connectivity index (χ4v) is 4.16. The van der Waals surface area contributed by atoms with Crippen LogP contribution in [0.1, 0.15) is 26.2 Å². The molecule has 0 bridgehead atoms. The number of aryl methyl sites for hydroxylation is 1. The predicted molar refractivity (Wildman–Crippen MR) is 73.4 cm³/mol. The summed E-state index contributed by atoms with van der Waals surface area (Å²) in [4.78, 5) is 14.8. The van der Waals surface area contributed by atoms with Crippen LogP contribution in [0.3, 0.4) is 0 Å². The van der Waals surface area contributed by atoms with Crippen LogP contribution in [-0.2, 0) is 21.9 Å². The molecule has 1 aromatic heterocycles. The monoisotopic (exact) mass is 300 g/mol. The van der Waals surface area contributed by atoms with Crippen LogP contribution in [0.2, 0.25) is 0 Å². The molecule has 1 saturated heterocycles. The molecule has 1 atom stereocenters. The number of aromatic nitrogens is 2. The van der Waals surface area contributed by atoms with Crippen LogP contribution >= 0.6 is 0 Å². The fourth-order valence-electron chi connectivity index (χ4n) is 2.47. The van der Waals surface area contributed by atoms with Crippen LogP contribution < -0.4 is 5.32 Å². The molecule has 0 spiro atoms. The number of hydrogen-bond acceptors (Lipinski definition) is 4. The summed E-state index contributed by atoms with van der Waals surface area (Å²) in [6.45, 7) is 2.47. The number of imidazole rings is 1. The van der Waals surface area contributed by atoms with Gasteiger partial charge in [0.2, 0.25) is 5.91 Å². The number of nitrogens with one attached hydrogen (secondary N) is 1. The Labute approximate surface area is 119 Å². The topological polar surface area (TPSA) is 84.3 Å². The Morgan fingerprint density at radius 3 is 2.90 bits per heavy atom. The Morgan fingerprint density at radius 1 is 1.55 bits per heavy atom. The predicted octanol–water partition coefficient (Wildman–Crippen LogP) is 0.0994. The summed E-state index contributed by atoms with van der Waals surface area (Å²) in [6, 6.07) is -0.0612. The number of rotatable bonds is 5. The van der Waals surface area contributed by atoms with Gasteiger partial charge in [-0.3, -0.25) is 4.79 Å². The number of nitrogens with zero attached hydrogens (tertiary/aromatic N) is 3. The zero-order chi connectivity index (χ0) is 14.8. The second-order valence-corrected chi connectivity index (χ2v) is 6.90. The van der Waals surface area contributed by atoms with Gasteiger partial charge in [0, 0.05) is 39.3 Å². The van der Waals surface area contributed by atoms with Gasteiger partial charge in [0.25, 0.3) is 10.0 Å². The first-order chi connectivity index (χ1) is 9.41. The van der Waals surface area contributed by atoms with Gasteiger partial charge in [0.05, 0.1) is 6.33 Å². The third-order valence-electron chi connectivity index (χ3n) is 3.43. The molecule has 2 heterocycles. The van der Waals surface area contributed by atoms with Crippen LogP contribution in [0.15, 0.2) is 17.6 Å². The lowest BCUT2D eigenvalue weighted by Crippen LogP contribution is -2.38. The lowest BCUT2D eigenvalue weighted by molar-refractivity contribution is -0.118. The molecule has 0 radical (unpaired) electrons. The van der Waals surface area contributed by atoms with Crippen molar-refractivity contribution >= 4 is 15.9 Å². The molecule has 1 aromatic rings. The molecule has 1 amide bonds. The van der Waals surface area contributed by atoms with Crippen molar-refractivity contribution in [1.82, 2.24) is 19.2 Å². The summed E-state index contributed by atoms with van der Waals surface area (Å²) >= 11 is 0. The average molecular weight is 300 g/mol. The summed E-state index contributed by atoms with van der Waals surface area (Å²) in [5.41, 5.74) is 0. The molecule has 0 saturated carbocycles. The van der Waals surface area contributed by atoms with Gasteiger partial charge in [-0.1, -0.05) is 0 Å². The van der Waals surface area contributed by atoms with E-state index in [1.54, 1.807) is 11.6 Å². The minimum absolute atomic E-state index is 0.0612. The quantitative estimate of drug-likeness (QED) is 0.836. The van der Waals surface area contributed by atoms with Crippen LogP contribution in [0.4, 0.5) is 0 Å². The van der Waals surface area contributed by atoms with Gasteiger partial charge < -0.3 is 9.88 Å².